The maximum Gasteiger partial charge on any atom is 0.391 e. The molecule has 0 amide bonds. The van der Waals surface area contributed by atoms with Crippen LogP contribution in [0, 0.1) is 5.92 Å². The average molecular weight is 337 g/mol. The molecule has 19 heavy (non-hydrogen) atoms. The van der Waals surface area contributed by atoms with Crippen molar-refractivity contribution >= 4 is 15.9 Å². The van der Waals surface area contributed by atoms with Crippen LogP contribution in [0.25, 0.3) is 0 Å². The van der Waals surface area contributed by atoms with Gasteiger partial charge in [0.1, 0.15) is 0 Å². The molecule has 1 aromatic rings. The van der Waals surface area contributed by atoms with Gasteiger partial charge in [-0.25, -0.2) is 0 Å². The van der Waals surface area contributed by atoms with Crippen LogP contribution in [-0.4, -0.2) is 16.7 Å². The van der Waals surface area contributed by atoms with Gasteiger partial charge in [-0.1, -0.05) is 6.42 Å². The Balaban J connectivity index is 2.07. The van der Waals surface area contributed by atoms with Gasteiger partial charge in [-0.15, -0.1) is 0 Å². The van der Waals surface area contributed by atoms with Crippen molar-refractivity contribution in [3.8, 4) is 0 Å². The van der Waals surface area contributed by atoms with E-state index in [2.05, 4.69) is 20.9 Å². The topological polar surface area (TPSA) is 38.9 Å². The summed E-state index contributed by atoms with van der Waals surface area (Å²) < 4.78 is 39.2. The maximum absolute atomic E-state index is 12.8. The molecule has 1 saturated carbocycles. The van der Waals surface area contributed by atoms with Gasteiger partial charge in [0.25, 0.3) is 0 Å². The van der Waals surface area contributed by atoms with Crippen LogP contribution in [0.5, 0.6) is 0 Å². The highest BCUT2D eigenvalue weighted by Gasteiger charge is 2.46. The van der Waals surface area contributed by atoms with E-state index in [0.717, 1.165) is 10.2 Å². The summed E-state index contributed by atoms with van der Waals surface area (Å²) in [5, 5.41) is 0. The van der Waals surface area contributed by atoms with Gasteiger partial charge in [0.15, 0.2) is 0 Å². The lowest BCUT2D eigenvalue weighted by molar-refractivity contribution is -0.187. The predicted molar refractivity (Wildman–Crippen MR) is 70.6 cm³/mol. The third kappa shape index (κ3) is 3.92. The minimum Gasteiger partial charge on any atom is -0.325 e. The molecule has 2 N–H and O–H groups in total. The molecule has 0 spiro atoms. The quantitative estimate of drug-likeness (QED) is 0.891. The summed E-state index contributed by atoms with van der Waals surface area (Å²) in [6.07, 6.45) is -0.771. The first kappa shape index (κ1) is 14.8. The van der Waals surface area contributed by atoms with Crippen molar-refractivity contribution in [3.05, 3.63) is 28.5 Å². The van der Waals surface area contributed by atoms with Crippen molar-refractivity contribution in [2.24, 2.45) is 11.7 Å². The van der Waals surface area contributed by atoms with Crippen LogP contribution < -0.4 is 5.73 Å². The number of aromatic nitrogens is 1. The lowest BCUT2D eigenvalue weighted by Crippen LogP contribution is -2.49. The second-order valence-electron chi connectivity index (χ2n) is 5.34. The second kappa shape index (κ2) is 5.40. The summed E-state index contributed by atoms with van der Waals surface area (Å²) in [7, 11) is 0. The standard InChI is InChI=1S/C13H16BrF3N2/c14-10-3-4-11(19-8-10)7-12(18)5-1-2-9(6-12)13(15,16)17/h3-4,8-9H,1-2,5-7,18H2. The monoisotopic (exact) mass is 336 g/mol. The van der Waals surface area contributed by atoms with Crippen molar-refractivity contribution in [2.75, 3.05) is 0 Å². The third-order valence-corrected chi connectivity index (χ3v) is 4.13. The molecule has 2 rings (SSSR count). The Morgan fingerprint density at radius 2 is 2.16 bits per heavy atom. The molecule has 2 unspecified atom stereocenters. The average Bonchev–Trinajstić information content (AvgIpc) is 2.31. The van der Waals surface area contributed by atoms with Crippen LogP contribution >= 0.6 is 15.9 Å². The van der Waals surface area contributed by atoms with Crippen LogP contribution in [0.15, 0.2) is 22.8 Å². The highest BCUT2D eigenvalue weighted by Crippen LogP contribution is 2.41. The van der Waals surface area contributed by atoms with Crippen molar-refractivity contribution in [2.45, 2.75) is 43.8 Å². The molecule has 1 aliphatic rings. The highest BCUT2D eigenvalue weighted by molar-refractivity contribution is 9.10. The summed E-state index contributed by atoms with van der Waals surface area (Å²) in [4.78, 5) is 4.20. The summed E-state index contributed by atoms with van der Waals surface area (Å²) in [6, 6.07) is 3.63. The van der Waals surface area contributed by atoms with E-state index in [0.29, 0.717) is 19.3 Å². The minimum absolute atomic E-state index is 0.00571. The third-order valence-electron chi connectivity index (χ3n) is 3.66. The van der Waals surface area contributed by atoms with Gasteiger partial charge in [0, 0.05) is 28.3 Å². The van der Waals surface area contributed by atoms with E-state index in [1.807, 2.05) is 6.07 Å². The molecule has 0 aliphatic heterocycles. The molecule has 1 aromatic heterocycles. The second-order valence-corrected chi connectivity index (χ2v) is 6.26. The predicted octanol–water partition coefficient (Wildman–Crippen LogP) is 3.84. The van der Waals surface area contributed by atoms with Gasteiger partial charge in [-0.05, 0) is 47.3 Å². The molecule has 0 saturated heterocycles. The van der Waals surface area contributed by atoms with Crippen molar-refractivity contribution in [1.82, 2.24) is 4.98 Å². The minimum atomic E-state index is -4.14. The van der Waals surface area contributed by atoms with E-state index in [-0.39, 0.29) is 12.8 Å². The lowest BCUT2D eigenvalue weighted by Gasteiger charge is -2.38. The van der Waals surface area contributed by atoms with Gasteiger partial charge in [-0.2, -0.15) is 13.2 Å². The number of alkyl halides is 3. The van der Waals surface area contributed by atoms with Gasteiger partial charge in [0.05, 0.1) is 5.92 Å². The Morgan fingerprint density at radius 1 is 1.42 bits per heavy atom. The summed E-state index contributed by atoms with van der Waals surface area (Å²) in [5.74, 6) is -1.28. The highest BCUT2D eigenvalue weighted by atomic mass is 79.9. The zero-order valence-corrected chi connectivity index (χ0v) is 12.0. The molecule has 1 aliphatic carbocycles. The number of rotatable bonds is 2. The fourth-order valence-corrected chi connectivity index (χ4v) is 2.94. The number of hydrogen-bond donors (Lipinski definition) is 1. The Hall–Kier alpha value is -0.620. The van der Waals surface area contributed by atoms with E-state index < -0.39 is 17.6 Å². The normalized spacial score (nSPS) is 28.4. The van der Waals surface area contributed by atoms with Crippen molar-refractivity contribution in [3.63, 3.8) is 0 Å². The fraction of sp³-hybridized carbons (Fsp3) is 0.615. The largest absolute Gasteiger partial charge is 0.391 e. The molecule has 6 heteroatoms. The van der Waals surface area contributed by atoms with Gasteiger partial charge in [0.2, 0.25) is 0 Å². The smallest absolute Gasteiger partial charge is 0.325 e. The first-order chi connectivity index (χ1) is 8.78. The molecule has 106 valence electrons. The molecule has 0 bridgehead atoms. The molecule has 1 heterocycles. The SMILES string of the molecule is NC1(Cc2ccc(Br)cn2)CCCC(C(F)(F)F)C1. The zero-order valence-electron chi connectivity index (χ0n) is 10.4. The van der Waals surface area contributed by atoms with Crippen LogP contribution in [0.4, 0.5) is 13.2 Å². The van der Waals surface area contributed by atoms with E-state index >= 15 is 0 Å². The fourth-order valence-electron chi connectivity index (χ4n) is 2.71. The molecule has 0 aromatic carbocycles. The Morgan fingerprint density at radius 3 is 2.74 bits per heavy atom. The lowest BCUT2D eigenvalue weighted by atomic mass is 9.73. The van der Waals surface area contributed by atoms with Crippen molar-refractivity contribution < 1.29 is 13.2 Å². The van der Waals surface area contributed by atoms with Crippen LogP contribution in [0.1, 0.15) is 31.4 Å². The molecule has 0 radical (unpaired) electrons. The summed E-state index contributed by atoms with van der Waals surface area (Å²) in [6.45, 7) is 0. The summed E-state index contributed by atoms with van der Waals surface area (Å²) >= 11 is 3.28. The van der Waals surface area contributed by atoms with E-state index in [1.165, 1.54) is 0 Å². The Labute approximate surface area is 118 Å². The molecule has 2 atom stereocenters. The Kier molecular flexibility index (Phi) is 4.20. The van der Waals surface area contributed by atoms with Crippen LogP contribution in [0.3, 0.4) is 0 Å². The number of nitrogens with two attached hydrogens (primary N) is 1. The first-order valence-electron chi connectivity index (χ1n) is 6.25. The van der Waals surface area contributed by atoms with Gasteiger partial charge < -0.3 is 5.73 Å². The first-order valence-corrected chi connectivity index (χ1v) is 7.04. The zero-order chi connectivity index (χ0) is 14.1. The Bertz CT molecular complexity index is 433. The van der Waals surface area contributed by atoms with Gasteiger partial charge in [-0.3, -0.25) is 4.98 Å². The summed E-state index contributed by atoms with van der Waals surface area (Å²) in [5.41, 5.74) is 6.12. The number of pyridine rings is 1. The van der Waals surface area contributed by atoms with Gasteiger partial charge >= 0.3 is 6.18 Å². The molecular formula is C13H16BrF3N2. The maximum atomic E-state index is 12.8. The van der Waals surface area contributed by atoms with E-state index in [9.17, 15) is 13.2 Å². The molecule has 2 nitrogen and oxygen atoms in total. The van der Waals surface area contributed by atoms with Crippen molar-refractivity contribution in [1.29, 1.82) is 0 Å². The number of halogens is 4. The van der Waals surface area contributed by atoms with E-state index in [4.69, 9.17) is 5.73 Å². The number of nitrogens with zero attached hydrogens (tertiary/aromatic N) is 1. The number of hydrogen-bond acceptors (Lipinski definition) is 2. The molecular weight excluding hydrogens is 321 g/mol. The van der Waals surface area contributed by atoms with E-state index in [1.54, 1.807) is 12.3 Å². The van der Waals surface area contributed by atoms with Crippen LogP contribution in [-0.2, 0) is 6.42 Å². The molecule has 1 fully saturated rings. The van der Waals surface area contributed by atoms with Crippen LogP contribution in [0.2, 0.25) is 0 Å².